The molecule has 2 aromatic rings. The van der Waals surface area contributed by atoms with E-state index in [1.54, 1.807) is 30.7 Å². The Morgan fingerprint density at radius 2 is 2.05 bits per heavy atom. The number of furan rings is 1. The van der Waals surface area contributed by atoms with Crippen molar-refractivity contribution in [2.45, 2.75) is 6.42 Å². The molecule has 0 aliphatic carbocycles. The van der Waals surface area contributed by atoms with Gasteiger partial charge in [-0.2, -0.15) is 0 Å². The first kappa shape index (κ1) is 13.8. The van der Waals surface area contributed by atoms with Crippen LogP contribution in [-0.2, 0) is 6.42 Å². The zero-order valence-electron chi connectivity index (χ0n) is 9.95. The molecule has 0 unspecified atom stereocenters. The second-order valence-electron chi connectivity index (χ2n) is 3.89. The molecular formula is C13H12Cl2N2O2. The fourth-order valence-corrected chi connectivity index (χ4v) is 1.80. The minimum Gasteiger partial charge on any atom is -0.472 e. The molecule has 0 bridgehead atoms. The van der Waals surface area contributed by atoms with E-state index in [-0.39, 0.29) is 6.03 Å². The summed E-state index contributed by atoms with van der Waals surface area (Å²) in [5.41, 5.74) is 1.63. The van der Waals surface area contributed by atoms with Crippen molar-refractivity contribution in [3.8, 4) is 0 Å². The zero-order chi connectivity index (χ0) is 13.7. The lowest BCUT2D eigenvalue weighted by Crippen LogP contribution is -2.30. The topological polar surface area (TPSA) is 54.3 Å². The Kier molecular flexibility index (Phi) is 4.71. The van der Waals surface area contributed by atoms with Gasteiger partial charge >= 0.3 is 6.03 Å². The van der Waals surface area contributed by atoms with Crippen molar-refractivity contribution in [3.63, 3.8) is 0 Å². The number of carbonyl (C=O) groups excluding carboxylic acids is 1. The molecule has 0 atom stereocenters. The molecule has 0 aliphatic heterocycles. The van der Waals surface area contributed by atoms with Crippen LogP contribution in [0.1, 0.15) is 5.56 Å². The van der Waals surface area contributed by atoms with Gasteiger partial charge in [0.05, 0.1) is 22.6 Å². The van der Waals surface area contributed by atoms with Crippen molar-refractivity contribution in [2.24, 2.45) is 0 Å². The molecule has 6 heteroatoms. The average Bonchev–Trinajstić information content (AvgIpc) is 2.87. The fourth-order valence-electron chi connectivity index (χ4n) is 1.50. The van der Waals surface area contributed by atoms with Crippen LogP contribution in [0.25, 0.3) is 0 Å². The molecule has 2 rings (SSSR count). The number of halogens is 2. The smallest absolute Gasteiger partial charge is 0.319 e. The first-order valence-corrected chi connectivity index (χ1v) is 6.42. The normalized spacial score (nSPS) is 10.2. The van der Waals surface area contributed by atoms with Crippen LogP contribution in [0.4, 0.5) is 10.5 Å². The van der Waals surface area contributed by atoms with Crippen molar-refractivity contribution in [1.82, 2.24) is 5.32 Å². The van der Waals surface area contributed by atoms with Gasteiger partial charge in [-0.15, -0.1) is 0 Å². The predicted octanol–water partition coefficient (Wildman–Crippen LogP) is 3.95. The molecule has 0 saturated carbocycles. The van der Waals surface area contributed by atoms with Crippen molar-refractivity contribution >= 4 is 34.9 Å². The van der Waals surface area contributed by atoms with Gasteiger partial charge in [0.2, 0.25) is 0 Å². The Balaban J connectivity index is 1.79. The van der Waals surface area contributed by atoms with Crippen LogP contribution in [0.5, 0.6) is 0 Å². The number of urea groups is 1. The number of benzene rings is 1. The molecule has 1 heterocycles. The molecule has 19 heavy (non-hydrogen) atoms. The summed E-state index contributed by atoms with van der Waals surface area (Å²) < 4.78 is 4.94. The first-order valence-electron chi connectivity index (χ1n) is 5.66. The monoisotopic (exact) mass is 298 g/mol. The summed E-state index contributed by atoms with van der Waals surface area (Å²) in [5, 5.41) is 6.26. The summed E-state index contributed by atoms with van der Waals surface area (Å²) in [6.45, 7) is 0.521. The Hall–Kier alpha value is -1.65. The Labute approximate surface area is 120 Å². The van der Waals surface area contributed by atoms with Gasteiger partial charge in [-0.1, -0.05) is 23.2 Å². The van der Waals surface area contributed by atoms with Crippen LogP contribution in [0.15, 0.2) is 41.2 Å². The Morgan fingerprint density at radius 3 is 2.74 bits per heavy atom. The maximum Gasteiger partial charge on any atom is 0.319 e. The SMILES string of the molecule is O=C(NCCc1ccoc1)Nc1ccc(Cl)c(Cl)c1. The molecule has 0 saturated heterocycles. The summed E-state index contributed by atoms with van der Waals surface area (Å²) in [4.78, 5) is 11.6. The van der Waals surface area contributed by atoms with Crippen molar-refractivity contribution in [1.29, 1.82) is 0 Å². The van der Waals surface area contributed by atoms with Crippen LogP contribution in [0, 0.1) is 0 Å². The lowest BCUT2D eigenvalue weighted by molar-refractivity contribution is 0.252. The van der Waals surface area contributed by atoms with E-state index in [2.05, 4.69) is 10.6 Å². The van der Waals surface area contributed by atoms with Gasteiger partial charge in [0.25, 0.3) is 0 Å². The largest absolute Gasteiger partial charge is 0.472 e. The second-order valence-corrected chi connectivity index (χ2v) is 4.71. The van der Waals surface area contributed by atoms with Crippen LogP contribution >= 0.6 is 23.2 Å². The summed E-state index contributed by atoms with van der Waals surface area (Å²) in [6.07, 6.45) is 3.97. The van der Waals surface area contributed by atoms with Gasteiger partial charge in [-0.05, 0) is 36.2 Å². The third kappa shape index (κ3) is 4.19. The van der Waals surface area contributed by atoms with Crippen molar-refractivity contribution in [3.05, 3.63) is 52.4 Å². The summed E-state index contributed by atoms with van der Waals surface area (Å²) >= 11 is 11.6. The van der Waals surface area contributed by atoms with E-state index in [0.717, 1.165) is 5.56 Å². The number of anilines is 1. The summed E-state index contributed by atoms with van der Waals surface area (Å²) in [7, 11) is 0. The van der Waals surface area contributed by atoms with Crippen molar-refractivity contribution in [2.75, 3.05) is 11.9 Å². The summed E-state index contributed by atoms with van der Waals surface area (Å²) in [6, 6.07) is 6.48. The van der Waals surface area contributed by atoms with E-state index in [1.165, 1.54) is 0 Å². The van der Waals surface area contributed by atoms with Crippen molar-refractivity contribution < 1.29 is 9.21 Å². The van der Waals surface area contributed by atoms with E-state index in [0.29, 0.717) is 28.7 Å². The minimum absolute atomic E-state index is 0.290. The maximum absolute atomic E-state index is 11.6. The molecule has 1 aromatic heterocycles. The average molecular weight is 299 g/mol. The van der Waals surface area contributed by atoms with Gasteiger partial charge in [0.15, 0.2) is 0 Å². The van der Waals surface area contributed by atoms with Gasteiger partial charge < -0.3 is 15.1 Å². The molecule has 4 nitrogen and oxygen atoms in total. The van der Waals surface area contributed by atoms with E-state index < -0.39 is 0 Å². The number of hydrogen-bond donors (Lipinski definition) is 2. The third-order valence-corrected chi connectivity index (χ3v) is 3.20. The standard InChI is InChI=1S/C13H12Cl2N2O2/c14-11-2-1-10(7-12(11)15)17-13(18)16-5-3-9-4-6-19-8-9/h1-2,4,6-8H,3,5H2,(H2,16,17,18). The van der Waals surface area contributed by atoms with E-state index in [4.69, 9.17) is 27.6 Å². The zero-order valence-corrected chi connectivity index (χ0v) is 11.5. The number of amides is 2. The second kappa shape index (κ2) is 6.50. The molecule has 0 spiro atoms. The molecule has 2 N–H and O–H groups in total. The highest BCUT2D eigenvalue weighted by Crippen LogP contribution is 2.24. The van der Waals surface area contributed by atoms with Crippen LogP contribution in [-0.4, -0.2) is 12.6 Å². The predicted molar refractivity (Wildman–Crippen MR) is 75.9 cm³/mol. The molecule has 0 fully saturated rings. The number of hydrogen-bond acceptors (Lipinski definition) is 2. The number of rotatable bonds is 4. The summed E-state index contributed by atoms with van der Waals surface area (Å²) in [5.74, 6) is 0. The highest BCUT2D eigenvalue weighted by atomic mass is 35.5. The number of carbonyl (C=O) groups is 1. The van der Waals surface area contributed by atoms with Crippen LogP contribution in [0.3, 0.4) is 0 Å². The minimum atomic E-state index is -0.290. The van der Waals surface area contributed by atoms with Gasteiger partial charge in [0.1, 0.15) is 0 Å². The van der Waals surface area contributed by atoms with Crippen LogP contribution in [0.2, 0.25) is 10.0 Å². The molecule has 2 amide bonds. The highest BCUT2D eigenvalue weighted by Gasteiger charge is 2.04. The van der Waals surface area contributed by atoms with E-state index in [1.807, 2.05) is 6.07 Å². The maximum atomic E-state index is 11.6. The third-order valence-electron chi connectivity index (χ3n) is 2.46. The first-order chi connectivity index (χ1) is 9.15. The van der Waals surface area contributed by atoms with Crippen LogP contribution < -0.4 is 10.6 Å². The van der Waals surface area contributed by atoms with Gasteiger partial charge in [-0.25, -0.2) is 4.79 Å². The number of nitrogens with one attached hydrogen (secondary N) is 2. The van der Waals surface area contributed by atoms with E-state index in [9.17, 15) is 4.79 Å². The Bertz CT molecular complexity index is 556. The Morgan fingerprint density at radius 1 is 1.21 bits per heavy atom. The van der Waals surface area contributed by atoms with E-state index >= 15 is 0 Å². The lowest BCUT2D eigenvalue weighted by atomic mass is 10.2. The lowest BCUT2D eigenvalue weighted by Gasteiger charge is -2.07. The fraction of sp³-hybridized carbons (Fsp3) is 0.154. The van der Waals surface area contributed by atoms with Gasteiger partial charge in [-0.3, -0.25) is 0 Å². The van der Waals surface area contributed by atoms with Gasteiger partial charge in [0, 0.05) is 12.2 Å². The molecule has 0 radical (unpaired) electrons. The molecular weight excluding hydrogens is 287 g/mol. The highest BCUT2D eigenvalue weighted by molar-refractivity contribution is 6.42. The molecule has 0 aliphatic rings. The molecule has 1 aromatic carbocycles. The quantitative estimate of drug-likeness (QED) is 0.898. The molecule has 100 valence electrons.